The molecule has 1 aliphatic heterocycles. The minimum absolute atomic E-state index is 0.0811. The van der Waals surface area contributed by atoms with Crippen molar-refractivity contribution < 1.29 is 4.39 Å². The lowest BCUT2D eigenvalue weighted by atomic mass is 10.0. The predicted molar refractivity (Wildman–Crippen MR) is 53.5 cm³/mol. The number of nitrogens with one attached hydrogen (secondary N) is 1. The summed E-state index contributed by atoms with van der Waals surface area (Å²) >= 11 is 1.62. The van der Waals surface area contributed by atoms with Gasteiger partial charge in [0.05, 0.1) is 0 Å². The molecule has 1 N–H and O–H groups in total. The van der Waals surface area contributed by atoms with E-state index in [0.717, 1.165) is 22.6 Å². The smallest absolute Gasteiger partial charge is 0.137 e. The molecule has 0 radical (unpaired) electrons. The lowest BCUT2D eigenvalue weighted by Crippen LogP contribution is -2.20. The van der Waals surface area contributed by atoms with Crippen LogP contribution < -0.4 is 5.32 Å². The van der Waals surface area contributed by atoms with Gasteiger partial charge in [0.2, 0.25) is 0 Å². The molecule has 1 nitrogen and oxygen atoms in total. The molecular weight excluding hydrogens is 185 g/mol. The molecule has 0 bridgehead atoms. The number of hydrogen-bond donors (Lipinski definition) is 1. The molecule has 0 saturated heterocycles. The van der Waals surface area contributed by atoms with Gasteiger partial charge >= 0.3 is 0 Å². The number of halogens is 1. The molecule has 0 amide bonds. The van der Waals surface area contributed by atoms with Crippen LogP contribution in [0.5, 0.6) is 0 Å². The van der Waals surface area contributed by atoms with E-state index < -0.39 is 0 Å². The summed E-state index contributed by atoms with van der Waals surface area (Å²) in [6, 6.07) is 5.65. The number of thioether (sulfide) groups is 1. The zero-order valence-corrected chi connectivity index (χ0v) is 8.33. The molecule has 70 valence electrons. The number of benzene rings is 1. The van der Waals surface area contributed by atoms with E-state index in [9.17, 15) is 4.39 Å². The molecule has 0 aromatic heterocycles. The van der Waals surface area contributed by atoms with Crippen LogP contribution in [0.4, 0.5) is 4.39 Å². The Balaban J connectivity index is 2.45. The third-order valence-corrected chi connectivity index (χ3v) is 3.53. The molecule has 1 aromatic rings. The molecule has 0 spiro atoms. The SMILES string of the molecule is CNC1CCSc2c(F)cccc21. The van der Waals surface area contributed by atoms with Crippen molar-refractivity contribution in [1.82, 2.24) is 5.32 Å². The zero-order valence-electron chi connectivity index (χ0n) is 7.51. The second-order valence-electron chi connectivity index (χ2n) is 3.14. The first kappa shape index (κ1) is 9.03. The van der Waals surface area contributed by atoms with Gasteiger partial charge in [-0.05, 0) is 30.9 Å². The summed E-state index contributed by atoms with van der Waals surface area (Å²) in [4.78, 5) is 0.827. The molecular formula is C10H12FNS. The van der Waals surface area contributed by atoms with E-state index in [0.29, 0.717) is 6.04 Å². The van der Waals surface area contributed by atoms with Gasteiger partial charge in [-0.1, -0.05) is 12.1 Å². The summed E-state index contributed by atoms with van der Waals surface area (Å²) < 4.78 is 13.3. The average Bonchev–Trinajstić information content (AvgIpc) is 2.18. The summed E-state index contributed by atoms with van der Waals surface area (Å²) in [7, 11) is 1.93. The third kappa shape index (κ3) is 1.58. The van der Waals surface area contributed by atoms with Crippen molar-refractivity contribution in [3.63, 3.8) is 0 Å². The van der Waals surface area contributed by atoms with Gasteiger partial charge in [0.25, 0.3) is 0 Å². The Bertz CT molecular complexity index is 314. The largest absolute Gasteiger partial charge is 0.313 e. The maximum atomic E-state index is 13.3. The number of fused-ring (bicyclic) bond motifs is 1. The highest BCUT2D eigenvalue weighted by atomic mass is 32.2. The lowest BCUT2D eigenvalue weighted by molar-refractivity contribution is 0.536. The van der Waals surface area contributed by atoms with Crippen LogP contribution in [0.2, 0.25) is 0 Å². The molecule has 2 rings (SSSR count). The van der Waals surface area contributed by atoms with Crippen molar-refractivity contribution in [1.29, 1.82) is 0 Å². The van der Waals surface area contributed by atoms with Crippen molar-refractivity contribution >= 4 is 11.8 Å². The van der Waals surface area contributed by atoms with E-state index in [1.165, 1.54) is 6.07 Å². The molecule has 1 atom stereocenters. The van der Waals surface area contributed by atoms with Crippen molar-refractivity contribution in [2.24, 2.45) is 0 Å². The summed E-state index contributed by atoms with van der Waals surface area (Å²) in [5, 5.41) is 3.21. The van der Waals surface area contributed by atoms with Gasteiger partial charge in [-0.3, -0.25) is 0 Å². The quantitative estimate of drug-likeness (QED) is 0.742. The first-order chi connectivity index (χ1) is 6.33. The van der Waals surface area contributed by atoms with Crippen LogP contribution in [0.3, 0.4) is 0 Å². The van der Waals surface area contributed by atoms with E-state index >= 15 is 0 Å². The van der Waals surface area contributed by atoms with Gasteiger partial charge in [-0.15, -0.1) is 11.8 Å². The molecule has 1 heterocycles. The minimum atomic E-state index is -0.0811. The van der Waals surface area contributed by atoms with E-state index in [-0.39, 0.29) is 5.82 Å². The molecule has 1 unspecified atom stereocenters. The van der Waals surface area contributed by atoms with Crippen molar-refractivity contribution in [3.8, 4) is 0 Å². The van der Waals surface area contributed by atoms with Crippen molar-refractivity contribution in [2.45, 2.75) is 17.4 Å². The lowest BCUT2D eigenvalue weighted by Gasteiger charge is -2.24. The normalized spacial score (nSPS) is 21.2. The molecule has 0 fully saturated rings. The van der Waals surface area contributed by atoms with Gasteiger partial charge in [0.15, 0.2) is 0 Å². The fourth-order valence-electron chi connectivity index (χ4n) is 1.69. The Hall–Kier alpha value is -0.540. The zero-order chi connectivity index (χ0) is 9.26. The summed E-state index contributed by atoms with van der Waals surface area (Å²) in [5.74, 6) is 0.918. The van der Waals surface area contributed by atoms with Crippen molar-refractivity contribution in [2.75, 3.05) is 12.8 Å². The Morgan fingerprint density at radius 1 is 1.54 bits per heavy atom. The molecule has 3 heteroatoms. The van der Waals surface area contributed by atoms with Gasteiger partial charge in [-0.25, -0.2) is 4.39 Å². The molecule has 0 saturated carbocycles. The highest BCUT2D eigenvalue weighted by Crippen LogP contribution is 2.37. The Morgan fingerprint density at radius 2 is 2.38 bits per heavy atom. The standard InChI is InChI=1S/C10H12FNS/c1-12-9-5-6-13-10-7(9)3-2-4-8(10)11/h2-4,9,12H,5-6H2,1H3. The topological polar surface area (TPSA) is 12.0 Å². The van der Waals surface area contributed by atoms with Crippen LogP contribution in [-0.4, -0.2) is 12.8 Å². The second-order valence-corrected chi connectivity index (χ2v) is 4.24. The maximum absolute atomic E-state index is 13.3. The van der Waals surface area contributed by atoms with Crippen LogP contribution >= 0.6 is 11.8 Å². The van der Waals surface area contributed by atoms with Gasteiger partial charge in [0.1, 0.15) is 5.82 Å². The molecule has 1 aliphatic rings. The average molecular weight is 197 g/mol. The Labute approximate surface area is 81.7 Å². The minimum Gasteiger partial charge on any atom is -0.313 e. The third-order valence-electron chi connectivity index (χ3n) is 2.37. The molecule has 13 heavy (non-hydrogen) atoms. The van der Waals surface area contributed by atoms with E-state index in [1.807, 2.05) is 13.1 Å². The second kappa shape index (κ2) is 3.68. The fraction of sp³-hybridized carbons (Fsp3) is 0.400. The van der Waals surface area contributed by atoms with Crippen LogP contribution in [0.25, 0.3) is 0 Å². The van der Waals surface area contributed by atoms with Crippen LogP contribution in [0.1, 0.15) is 18.0 Å². The van der Waals surface area contributed by atoms with E-state index in [2.05, 4.69) is 5.32 Å². The van der Waals surface area contributed by atoms with Crippen molar-refractivity contribution in [3.05, 3.63) is 29.6 Å². The maximum Gasteiger partial charge on any atom is 0.137 e. The van der Waals surface area contributed by atoms with E-state index in [1.54, 1.807) is 17.8 Å². The summed E-state index contributed by atoms with van der Waals surface area (Å²) in [6.45, 7) is 0. The highest BCUT2D eigenvalue weighted by molar-refractivity contribution is 7.99. The van der Waals surface area contributed by atoms with Gasteiger partial charge < -0.3 is 5.32 Å². The van der Waals surface area contributed by atoms with E-state index in [4.69, 9.17) is 0 Å². The predicted octanol–water partition coefficient (Wildman–Crippen LogP) is 2.58. The Kier molecular flexibility index (Phi) is 2.56. The fourth-order valence-corrected chi connectivity index (χ4v) is 2.83. The highest BCUT2D eigenvalue weighted by Gasteiger charge is 2.21. The first-order valence-electron chi connectivity index (χ1n) is 4.41. The van der Waals surface area contributed by atoms with Crippen LogP contribution in [-0.2, 0) is 0 Å². The first-order valence-corrected chi connectivity index (χ1v) is 5.40. The molecule has 0 aliphatic carbocycles. The number of rotatable bonds is 1. The monoisotopic (exact) mass is 197 g/mol. The van der Waals surface area contributed by atoms with Crippen LogP contribution in [0.15, 0.2) is 23.1 Å². The van der Waals surface area contributed by atoms with Crippen LogP contribution in [0, 0.1) is 5.82 Å². The van der Waals surface area contributed by atoms with Gasteiger partial charge in [-0.2, -0.15) is 0 Å². The summed E-state index contributed by atoms with van der Waals surface area (Å²) in [5.41, 5.74) is 1.11. The summed E-state index contributed by atoms with van der Waals surface area (Å²) in [6.07, 6.45) is 1.08. The molecule has 1 aromatic carbocycles. The number of hydrogen-bond acceptors (Lipinski definition) is 2. The van der Waals surface area contributed by atoms with Gasteiger partial charge in [0, 0.05) is 10.9 Å². The Morgan fingerprint density at radius 3 is 3.15 bits per heavy atom.